The van der Waals surface area contributed by atoms with Crippen molar-refractivity contribution >= 4 is 11.8 Å². The van der Waals surface area contributed by atoms with Crippen molar-refractivity contribution in [1.29, 1.82) is 5.26 Å². The van der Waals surface area contributed by atoms with Crippen molar-refractivity contribution in [3.05, 3.63) is 11.7 Å². The molecule has 1 heterocycles. The van der Waals surface area contributed by atoms with Crippen LogP contribution < -0.4 is 0 Å². The van der Waals surface area contributed by atoms with Crippen molar-refractivity contribution in [1.82, 2.24) is 10.1 Å². The van der Waals surface area contributed by atoms with E-state index in [0.717, 1.165) is 6.42 Å². The first kappa shape index (κ1) is 12.0. The lowest BCUT2D eigenvalue weighted by Gasteiger charge is -2.05. The topological polar surface area (TPSA) is 71.9 Å². The summed E-state index contributed by atoms with van der Waals surface area (Å²) in [5.41, 5.74) is 0. The van der Waals surface area contributed by atoms with Crippen molar-refractivity contribution in [3.63, 3.8) is 0 Å². The maximum Gasteiger partial charge on any atom is 0.236 e. The second-order valence-corrected chi connectivity index (χ2v) is 3.82. The first-order valence-electron chi connectivity index (χ1n) is 4.61. The second-order valence-electron chi connectivity index (χ2n) is 2.83. The molecule has 0 bridgehead atoms. The number of thioether (sulfide) groups is 1. The number of methoxy groups -OCH3 is 1. The molecule has 6 heteroatoms. The van der Waals surface area contributed by atoms with Gasteiger partial charge in [-0.3, -0.25) is 0 Å². The average molecular weight is 227 g/mol. The second kappa shape index (κ2) is 6.43. The molecule has 0 saturated carbocycles. The molecule has 0 fully saturated rings. The standard InChI is InChI=1S/C9H13N3O2S/c1-3-7(13-2)9-11-8(14-12-9)6-15-5-4-10/h7H,3,5-6H2,1-2H3. The van der Waals surface area contributed by atoms with E-state index in [-0.39, 0.29) is 6.10 Å². The van der Waals surface area contributed by atoms with Gasteiger partial charge in [0, 0.05) is 7.11 Å². The Morgan fingerprint density at radius 1 is 1.67 bits per heavy atom. The molecule has 0 saturated heterocycles. The van der Waals surface area contributed by atoms with Gasteiger partial charge in [0.15, 0.2) is 0 Å². The van der Waals surface area contributed by atoms with Crippen LogP contribution in [0.4, 0.5) is 0 Å². The molecular formula is C9H13N3O2S. The summed E-state index contributed by atoms with van der Waals surface area (Å²) in [6.45, 7) is 1.99. The minimum atomic E-state index is -0.108. The third-order valence-electron chi connectivity index (χ3n) is 1.82. The van der Waals surface area contributed by atoms with E-state index in [0.29, 0.717) is 23.2 Å². The summed E-state index contributed by atoms with van der Waals surface area (Å²) < 4.78 is 10.2. The van der Waals surface area contributed by atoms with E-state index < -0.39 is 0 Å². The molecule has 1 atom stereocenters. The number of nitrogens with zero attached hydrogens (tertiary/aromatic N) is 3. The summed E-state index contributed by atoms with van der Waals surface area (Å²) in [5.74, 6) is 2.12. The summed E-state index contributed by atoms with van der Waals surface area (Å²) in [6, 6.07) is 2.04. The molecule has 1 unspecified atom stereocenters. The molecule has 1 aromatic rings. The van der Waals surface area contributed by atoms with Gasteiger partial charge >= 0.3 is 0 Å². The van der Waals surface area contributed by atoms with Crippen LogP contribution in [0.5, 0.6) is 0 Å². The van der Waals surface area contributed by atoms with Gasteiger partial charge in [0.05, 0.1) is 17.6 Å². The fraction of sp³-hybridized carbons (Fsp3) is 0.667. The van der Waals surface area contributed by atoms with Gasteiger partial charge in [-0.25, -0.2) is 0 Å². The molecule has 0 spiro atoms. The molecule has 5 nitrogen and oxygen atoms in total. The minimum absolute atomic E-state index is 0.108. The molecule has 15 heavy (non-hydrogen) atoms. The van der Waals surface area contributed by atoms with E-state index in [9.17, 15) is 0 Å². The molecule has 1 rings (SSSR count). The fourth-order valence-electron chi connectivity index (χ4n) is 1.10. The largest absolute Gasteiger partial charge is 0.373 e. The third kappa shape index (κ3) is 3.53. The number of aromatic nitrogens is 2. The van der Waals surface area contributed by atoms with E-state index in [1.807, 2.05) is 13.0 Å². The number of hydrogen-bond donors (Lipinski definition) is 0. The van der Waals surface area contributed by atoms with E-state index in [2.05, 4.69) is 10.1 Å². The fourth-order valence-corrected chi connectivity index (χ4v) is 1.58. The number of hydrogen-bond acceptors (Lipinski definition) is 6. The molecule has 0 aliphatic carbocycles. The maximum absolute atomic E-state index is 8.36. The highest BCUT2D eigenvalue weighted by atomic mass is 32.2. The summed E-state index contributed by atoms with van der Waals surface area (Å²) in [6.07, 6.45) is 0.698. The summed E-state index contributed by atoms with van der Waals surface area (Å²) >= 11 is 1.45. The zero-order chi connectivity index (χ0) is 11.1. The summed E-state index contributed by atoms with van der Waals surface area (Å²) in [7, 11) is 1.62. The van der Waals surface area contributed by atoms with E-state index in [1.54, 1.807) is 7.11 Å². The lowest BCUT2D eigenvalue weighted by molar-refractivity contribution is 0.0903. The van der Waals surface area contributed by atoms with Crippen LogP contribution in [0.3, 0.4) is 0 Å². The van der Waals surface area contributed by atoms with Crippen molar-refractivity contribution < 1.29 is 9.26 Å². The van der Waals surface area contributed by atoms with Crippen LogP contribution in [0.1, 0.15) is 31.2 Å². The zero-order valence-electron chi connectivity index (χ0n) is 8.77. The van der Waals surface area contributed by atoms with Gasteiger partial charge in [-0.15, -0.1) is 11.8 Å². The van der Waals surface area contributed by atoms with E-state index in [1.165, 1.54) is 11.8 Å². The van der Waals surface area contributed by atoms with Crippen molar-refractivity contribution in [2.75, 3.05) is 12.9 Å². The predicted molar refractivity (Wildman–Crippen MR) is 56.1 cm³/mol. The van der Waals surface area contributed by atoms with Crippen molar-refractivity contribution in [3.8, 4) is 6.07 Å². The Bertz CT molecular complexity index is 330. The molecule has 0 amide bonds. The maximum atomic E-state index is 8.36. The molecular weight excluding hydrogens is 214 g/mol. The SMILES string of the molecule is CCC(OC)c1noc(CSCC#N)n1. The Hall–Kier alpha value is -1.06. The Morgan fingerprint density at radius 3 is 3.07 bits per heavy atom. The molecule has 1 aromatic heterocycles. The predicted octanol–water partition coefficient (Wildman–Crippen LogP) is 1.92. The van der Waals surface area contributed by atoms with Crippen LogP contribution in [0, 0.1) is 11.3 Å². The highest BCUT2D eigenvalue weighted by Crippen LogP contribution is 2.18. The highest BCUT2D eigenvalue weighted by Gasteiger charge is 2.15. The monoisotopic (exact) mass is 227 g/mol. The number of nitriles is 1. The Balaban J connectivity index is 2.52. The third-order valence-corrected chi connectivity index (χ3v) is 2.60. The Labute approximate surface area is 92.8 Å². The average Bonchev–Trinajstić information content (AvgIpc) is 2.69. The van der Waals surface area contributed by atoms with Gasteiger partial charge in [0.2, 0.25) is 11.7 Å². The molecule has 0 aliphatic heterocycles. The molecule has 82 valence electrons. The van der Waals surface area contributed by atoms with Crippen LogP contribution in [-0.2, 0) is 10.5 Å². The van der Waals surface area contributed by atoms with Crippen LogP contribution in [0.15, 0.2) is 4.52 Å². The number of ether oxygens (including phenoxy) is 1. The van der Waals surface area contributed by atoms with E-state index >= 15 is 0 Å². The highest BCUT2D eigenvalue weighted by molar-refractivity contribution is 7.98. The quantitative estimate of drug-likeness (QED) is 0.691. The van der Waals surface area contributed by atoms with Gasteiger partial charge in [-0.1, -0.05) is 12.1 Å². The van der Waals surface area contributed by atoms with Crippen LogP contribution in [0.2, 0.25) is 0 Å². The summed E-state index contributed by atoms with van der Waals surface area (Å²) in [4.78, 5) is 4.19. The van der Waals surface area contributed by atoms with Crippen LogP contribution in [-0.4, -0.2) is 23.0 Å². The lowest BCUT2D eigenvalue weighted by atomic mass is 10.3. The lowest BCUT2D eigenvalue weighted by Crippen LogP contribution is -2.01. The Kier molecular flexibility index (Phi) is 5.15. The first-order chi connectivity index (χ1) is 7.31. The van der Waals surface area contributed by atoms with Gasteiger partial charge in [0.1, 0.15) is 6.10 Å². The smallest absolute Gasteiger partial charge is 0.236 e. The van der Waals surface area contributed by atoms with Crippen molar-refractivity contribution in [2.24, 2.45) is 0 Å². The molecule has 0 aromatic carbocycles. The normalized spacial score (nSPS) is 12.3. The van der Waals surface area contributed by atoms with Gasteiger partial charge in [-0.2, -0.15) is 10.2 Å². The van der Waals surface area contributed by atoms with Gasteiger partial charge in [-0.05, 0) is 6.42 Å². The van der Waals surface area contributed by atoms with Crippen molar-refractivity contribution in [2.45, 2.75) is 25.2 Å². The summed E-state index contributed by atoms with van der Waals surface area (Å²) in [5, 5.41) is 12.2. The molecule has 0 aliphatic rings. The molecule has 0 N–H and O–H groups in total. The van der Waals surface area contributed by atoms with Crippen LogP contribution >= 0.6 is 11.8 Å². The van der Waals surface area contributed by atoms with E-state index in [4.69, 9.17) is 14.5 Å². The molecule has 0 radical (unpaired) electrons. The Morgan fingerprint density at radius 2 is 2.47 bits per heavy atom. The van der Waals surface area contributed by atoms with Gasteiger partial charge < -0.3 is 9.26 Å². The van der Waals surface area contributed by atoms with Crippen LogP contribution in [0.25, 0.3) is 0 Å². The number of rotatable bonds is 6. The zero-order valence-corrected chi connectivity index (χ0v) is 9.58. The minimum Gasteiger partial charge on any atom is -0.373 e. The van der Waals surface area contributed by atoms with Gasteiger partial charge in [0.25, 0.3) is 0 Å². The first-order valence-corrected chi connectivity index (χ1v) is 5.77.